The number of likely N-dealkylation sites (N-methyl/N-ethyl adjacent to an activating group) is 1. The van der Waals surface area contributed by atoms with Gasteiger partial charge in [0.25, 0.3) is 0 Å². The Morgan fingerprint density at radius 3 is 2.34 bits per heavy atom. The highest BCUT2D eigenvalue weighted by Gasteiger charge is 2.33. The van der Waals surface area contributed by atoms with Crippen molar-refractivity contribution in [3.63, 3.8) is 0 Å². The number of hydrogen-bond donors (Lipinski definition) is 4. The molecule has 248 valence electrons. The third kappa shape index (κ3) is 8.25. The van der Waals surface area contributed by atoms with Crippen molar-refractivity contribution in [3.05, 3.63) is 83.9 Å². The zero-order chi connectivity index (χ0) is 32.4. The van der Waals surface area contributed by atoms with Gasteiger partial charge in [-0.25, -0.2) is 19.7 Å². The zero-order valence-corrected chi connectivity index (χ0v) is 27.0. The van der Waals surface area contributed by atoms with E-state index in [1.165, 1.54) is 30.4 Å². The lowest BCUT2D eigenvalue weighted by molar-refractivity contribution is -0.133. The van der Waals surface area contributed by atoms with Gasteiger partial charge in [0.05, 0.1) is 12.9 Å². The number of amides is 3. The van der Waals surface area contributed by atoms with Gasteiger partial charge in [-0.05, 0) is 56.8 Å². The summed E-state index contributed by atoms with van der Waals surface area (Å²) in [5.74, 6) is 0.974. The number of ether oxygens (including phenoxy) is 1. The van der Waals surface area contributed by atoms with Gasteiger partial charge in [-0.2, -0.15) is 0 Å². The van der Waals surface area contributed by atoms with Crippen LogP contribution in [0.15, 0.2) is 67.0 Å². The van der Waals surface area contributed by atoms with Crippen LogP contribution in [0.5, 0.6) is 0 Å². The van der Waals surface area contributed by atoms with Crippen molar-refractivity contribution in [2.45, 2.75) is 63.8 Å². The summed E-state index contributed by atoms with van der Waals surface area (Å²) in [7, 11) is 0. The number of benzene rings is 2. The molecule has 0 aliphatic carbocycles. The number of nitrogens with zero attached hydrogens (tertiary/aromatic N) is 5. The fraction of sp³-hybridized carbons (Fsp3) is 0.457. The van der Waals surface area contributed by atoms with Crippen LogP contribution >= 0.6 is 0 Å². The van der Waals surface area contributed by atoms with E-state index in [9.17, 15) is 9.59 Å². The molecule has 2 atom stereocenters. The summed E-state index contributed by atoms with van der Waals surface area (Å²) in [6.07, 6.45) is 5.76. The molecular formula is C35H45N9O3. The Hall–Kier alpha value is -4.55. The fourth-order valence-electron chi connectivity index (χ4n) is 6.41. The molecule has 12 heteroatoms. The number of rotatable bonds is 13. The number of hydrogen-bond acceptors (Lipinski definition) is 8. The quantitative estimate of drug-likeness (QED) is 0.171. The summed E-state index contributed by atoms with van der Waals surface area (Å²) in [4.78, 5) is 42.0. The highest BCUT2D eigenvalue weighted by Crippen LogP contribution is 2.32. The maximum absolute atomic E-state index is 12.7. The van der Waals surface area contributed by atoms with E-state index in [1.54, 1.807) is 6.33 Å². The summed E-state index contributed by atoms with van der Waals surface area (Å²) < 4.78 is 8.03. The number of anilines is 1. The van der Waals surface area contributed by atoms with Gasteiger partial charge in [-0.15, -0.1) is 0 Å². The van der Waals surface area contributed by atoms with Crippen molar-refractivity contribution in [2.24, 2.45) is 0 Å². The van der Waals surface area contributed by atoms with Crippen molar-refractivity contribution in [1.82, 2.24) is 40.4 Å². The molecule has 0 spiro atoms. The number of aromatic nitrogens is 4. The minimum Gasteiger partial charge on any atom is -0.367 e. The van der Waals surface area contributed by atoms with Gasteiger partial charge in [0.2, 0.25) is 5.91 Å². The number of carbonyl (C=O) groups excluding carboxylic acids is 2. The van der Waals surface area contributed by atoms with Crippen LogP contribution in [-0.2, 0) is 16.1 Å². The van der Waals surface area contributed by atoms with Gasteiger partial charge in [0.1, 0.15) is 12.3 Å². The van der Waals surface area contributed by atoms with E-state index in [1.807, 2.05) is 47.9 Å². The molecule has 2 saturated heterocycles. The van der Waals surface area contributed by atoms with Crippen LogP contribution in [0.4, 0.5) is 10.6 Å². The fourth-order valence-corrected chi connectivity index (χ4v) is 6.41. The van der Waals surface area contributed by atoms with Crippen LogP contribution in [0.2, 0.25) is 0 Å². The van der Waals surface area contributed by atoms with E-state index >= 15 is 0 Å². The molecule has 12 nitrogen and oxygen atoms in total. The second-order valence-corrected chi connectivity index (χ2v) is 12.1. The normalized spacial score (nSPS) is 18.3. The van der Waals surface area contributed by atoms with Gasteiger partial charge in [-0.1, -0.05) is 67.1 Å². The van der Waals surface area contributed by atoms with Crippen molar-refractivity contribution in [2.75, 3.05) is 44.6 Å². The van der Waals surface area contributed by atoms with Crippen LogP contribution in [0.3, 0.4) is 0 Å². The van der Waals surface area contributed by atoms with Crippen molar-refractivity contribution < 1.29 is 14.3 Å². The second kappa shape index (κ2) is 15.8. The smallest absolute Gasteiger partial charge is 0.315 e. The molecule has 0 saturated carbocycles. The van der Waals surface area contributed by atoms with E-state index in [0.717, 1.165) is 19.6 Å². The number of carbonyl (C=O) groups is 2. The summed E-state index contributed by atoms with van der Waals surface area (Å²) >= 11 is 0. The highest BCUT2D eigenvalue weighted by molar-refractivity contribution is 5.83. The van der Waals surface area contributed by atoms with E-state index in [-0.39, 0.29) is 24.4 Å². The van der Waals surface area contributed by atoms with Crippen molar-refractivity contribution >= 4 is 28.9 Å². The molecule has 2 fully saturated rings. The molecule has 4 heterocycles. The summed E-state index contributed by atoms with van der Waals surface area (Å²) in [5, 5.41) is 12.3. The lowest BCUT2D eigenvalue weighted by Crippen LogP contribution is -2.41. The molecule has 0 bridgehead atoms. The second-order valence-electron chi connectivity index (χ2n) is 12.1. The Kier molecular flexibility index (Phi) is 10.9. The minimum absolute atomic E-state index is 0.0627. The lowest BCUT2D eigenvalue weighted by atomic mass is 9.91. The number of nitrogens with one attached hydrogen (secondary N) is 4. The highest BCUT2D eigenvalue weighted by atomic mass is 16.5. The standard InChI is InChI=1S/C35H45N9O3/c1-2-36-34(45)28-16-17-30(47-28)44-24-40-31-32(38-22-27(25-12-6-3-7-13-25)26-14-8-4-9-15-26)41-29(42-33(31)44)23-39-35(46)37-18-21-43-19-10-5-11-20-43/h3-4,6-9,12-15,24,27-28,30H,2,5,10-11,16-23H2,1H3,(H,36,45)(H2,37,39,46)(H,38,41,42)/t28-,30?/m0/s1. The third-order valence-electron chi connectivity index (χ3n) is 8.87. The number of fused-ring (bicyclic) bond motifs is 1. The molecule has 4 aromatic rings. The number of imidazole rings is 1. The molecule has 2 aromatic heterocycles. The first-order valence-electron chi connectivity index (χ1n) is 16.8. The van der Waals surface area contributed by atoms with Gasteiger partial charge < -0.3 is 30.9 Å². The van der Waals surface area contributed by atoms with Crippen LogP contribution in [0, 0.1) is 0 Å². The Balaban J connectivity index is 1.21. The molecule has 2 aliphatic rings. The molecule has 1 unspecified atom stereocenters. The molecule has 2 aliphatic heterocycles. The van der Waals surface area contributed by atoms with Crippen LogP contribution < -0.4 is 21.3 Å². The van der Waals surface area contributed by atoms with Gasteiger partial charge in [-0.3, -0.25) is 9.36 Å². The first-order chi connectivity index (χ1) is 23.1. The summed E-state index contributed by atoms with van der Waals surface area (Å²) in [6, 6.07) is 20.5. The van der Waals surface area contributed by atoms with Gasteiger partial charge >= 0.3 is 6.03 Å². The Morgan fingerprint density at radius 1 is 0.915 bits per heavy atom. The van der Waals surface area contributed by atoms with Crippen molar-refractivity contribution in [3.8, 4) is 0 Å². The minimum atomic E-state index is -0.524. The molecule has 3 amide bonds. The monoisotopic (exact) mass is 639 g/mol. The predicted octanol–water partition coefficient (Wildman–Crippen LogP) is 4.17. The Labute approximate surface area is 275 Å². The van der Waals surface area contributed by atoms with E-state index in [0.29, 0.717) is 55.3 Å². The third-order valence-corrected chi connectivity index (χ3v) is 8.87. The molecular weight excluding hydrogens is 594 g/mol. The average Bonchev–Trinajstić information content (AvgIpc) is 3.77. The molecule has 4 N–H and O–H groups in total. The van der Waals surface area contributed by atoms with Gasteiger partial charge in [0, 0.05) is 32.1 Å². The topological polar surface area (TPSA) is 138 Å². The first-order valence-corrected chi connectivity index (χ1v) is 16.8. The van der Waals surface area contributed by atoms with E-state index in [4.69, 9.17) is 19.7 Å². The van der Waals surface area contributed by atoms with Crippen LogP contribution in [0.1, 0.15) is 68.1 Å². The zero-order valence-electron chi connectivity index (χ0n) is 27.0. The maximum Gasteiger partial charge on any atom is 0.315 e. The molecule has 2 aromatic carbocycles. The molecule has 6 rings (SSSR count). The van der Waals surface area contributed by atoms with Crippen LogP contribution in [0.25, 0.3) is 11.2 Å². The Bertz CT molecular complexity index is 1570. The number of urea groups is 1. The van der Waals surface area contributed by atoms with Gasteiger partial charge in [0.15, 0.2) is 22.8 Å². The number of piperidine rings is 1. The molecule has 0 radical (unpaired) electrons. The predicted molar refractivity (Wildman–Crippen MR) is 181 cm³/mol. The molecule has 47 heavy (non-hydrogen) atoms. The maximum atomic E-state index is 12.7. The summed E-state index contributed by atoms with van der Waals surface area (Å²) in [6.45, 7) is 6.74. The largest absolute Gasteiger partial charge is 0.367 e. The van der Waals surface area contributed by atoms with Crippen LogP contribution in [-0.4, -0.2) is 81.7 Å². The Morgan fingerprint density at radius 2 is 1.64 bits per heavy atom. The lowest BCUT2D eigenvalue weighted by Gasteiger charge is -2.26. The van der Waals surface area contributed by atoms with Crippen molar-refractivity contribution in [1.29, 1.82) is 0 Å². The first kappa shape index (κ1) is 32.4. The average molecular weight is 640 g/mol. The SMILES string of the molecule is CCNC(=O)[C@@H]1CCC(n2cnc3c(NCC(c4ccccc4)c4ccccc4)nc(CNC(=O)NCCN4CCCCC4)nc32)O1. The van der Waals surface area contributed by atoms with E-state index < -0.39 is 12.3 Å². The van der Waals surface area contributed by atoms with E-state index in [2.05, 4.69) is 50.4 Å². The summed E-state index contributed by atoms with van der Waals surface area (Å²) in [5.41, 5.74) is 3.55. The number of likely N-dealkylation sites (tertiary alicyclic amines) is 1.